The second-order valence-corrected chi connectivity index (χ2v) is 9.08. The van der Waals surface area contributed by atoms with E-state index in [4.69, 9.17) is 14.6 Å². The Morgan fingerprint density at radius 2 is 1.85 bits per heavy atom. The fourth-order valence-corrected chi connectivity index (χ4v) is 3.20. The summed E-state index contributed by atoms with van der Waals surface area (Å²) in [6, 6.07) is 9.56. The molecule has 1 heterocycles. The molecule has 0 aliphatic carbocycles. The van der Waals surface area contributed by atoms with E-state index in [1.165, 1.54) is 6.41 Å². The number of nitrogens with zero attached hydrogens (tertiary/aromatic N) is 2. The van der Waals surface area contributed by atoms with Gasteiger partial charge >= 0.3 is 12.1 Å². The van der Waals surface area contributed by atoms with Crippen molar-refractivity contribution < 1.29 is 33.8 Å². The van der Waals surface area contributed by atoms with E-state index in [1.54, 1.807) is 33.0 Å². The van der Waals surface area contributed by atoms with Gasteiger partial charge in [0.1, 0.15) is 5.60 Å². The summed E-state index contributed by atoms with van der Waals surface area (Å²) in [7, 11) is 0. The summed E-state index contributed by atoms with van der Waals surface area (Å²) in [5.74, 6) is -1.68. The predicted octanol–water partition coefficient (Wildman–Crippen LogP) is 2.97. The number of aliphatic carboxylic acids is 1. The Bertz CT molecular complexity index is 1110. The van der Waals surface area contributed by atoms with Crippen LogP contribution in [0.5, 0.6) is 0 Å². The topological polar surface area (TPSA) is 147 Å². The van der Waals surface area contributed by atoms with Crippen molar-refractivity contribution in [2.45, 2.75) is 39.7 Å². The molecule has 0 spiro atoms. The number of rotatable bonds is 13. The Labute approximate surface area is 229 Å². The maximum Gasteiger partial charge on any atom is 0.412 e. The number of nitrogens with one attached hydrogen (secondary N) is 2. The molecule has 0 bridgehead atoms. The molecule has 220 valence electrons. The van der Waals surface area contributed by atoms with Crippen LogP contribution in [0.2, 0.25) is 0 Å². The number of hydrogen-bond donors (Lipinski definition) is 3. The molecule has 2 aromatic rings. The van der Waals surface area contributed by atoms with Crippen LogP contribution in [-0.2, 0) is 25.5 Å². The van der Waals surface area contributed by atoms with Crippen LogP contribution < -0.4 is 10.6 Å². The standard InChI is InChI=1S/C26H33N4O7.Fm.H2S/c1-5-18-7-6-8-19(13-18)20-14-21(29-25(35)37-26(2,3)4)23(28-15-20)24(34)27-9-11-36-12-10-30(17-31)16-22(32)33;;/h6-8,13-15H,5,9-12,16H2,1-4H3,(H,27,34)(H,29,35)(H,32,33);;1H2/q-1;;. The zero-order valence-electron chi connectivity index (χ0n) is 22.3. The molecule has 1 aromatic carbocycles. The Morgan fingerprint density at radius 3 is 2.46 bits per heavy atom. The van der Waals surface area contributed by atoms with E-state index in [2.05, 4.69) is 22.5 Å². The maximum atomic E-state index is 12.8. The van der Waals surface area contributed by atoms with Crippen molar-refractivity contribution in [2.24, 2.45) is 0 Å². The number of carboxylic acid groups (broad SMARTS) is 1. The SMILES string of the molecule is CCc1cccc(-c2cnc(C(=O)NCCOCCN([C-]=O)CC(=O)O)c(NC(=O)OC(C)(C)C)c2)c1.S.[Fm]. The van der Waals surface area contributed by atoms with Crippen LogP contribution in [0.4, 0.5) is 10.5 Å². The summed E-state index contributed by atoms with van der Waals surface area (Å²) >= 11 is 0. The number of pyridine rings is 1. The first-order chi connectivity index (χ1) is 17.5. The van der Waals surface area contributed by atoms with Gasteiger partial charge in [0.15, 0.2) is 5.69 Å². The van der Waals surface area contributed by atoms with Crippen molar-refractivity contribution in [3.05, 3.63) is 47.8 Å². The molecule has 0 radical (unpaired) electrons. The summed E-state index contributed by atoms with van der Waals surface area (Å²) in [4.78, 5) is 51.9. The van der Waals surface area contributed by atoms with E-state index in [1.807, 2.05) is 24.3 Å². The summed E-state index contributed by atoms with van der Waals surface area (Å²) in [5, 5.41) is 14.0. The van der Waals surface area contributed by atoms with Crippen LogP contribution in [0.3, 0.4) is 0 Å². The number of hydrogen-bond acceptors (Lipinski definition) is 7. The molecule has 3 N–H and O–H groups in total. The van der Waals surface area contributed by atoms with Crippen molar-refractivity contribution >= 4 is 43.6 Å². The van der Waals surface area contributed by atoms with E-state index >= 15 is 0 Å². The zero-order chi connectivity index (χ0) is 27.4. The number of amides is 3. The zero-order valence-corrected chi connectivity index (χ0v) is 25.7. The largest absolute Gasteiger partial charge is 0.520 e. The van der Waals surface area contributed by atoms with Gasteiger partial charge in [-0.05, 0) is 44.4 Å². The molecule has 3 amide bonds. The average molecular weight is 805 g/mol. The predicted molar refractivity (Wildman–Crippen MR) is 147 cm³/mol. The average Bonchev–Trinajstić information content (AvgIpc) is 2.83. The molecule has 13 heteroatoms. The molecule has 0 fully saturated rings. The van der Waals surface area contributed by atoms with Gasteiger partial charge in [0.05, 0.1) is 25.4 Å². The third-order valence-electron chi connectivity index (χ3n) is 4.90. The van der Waals surface area contributed by atoms with Crippen LogP contribution in [0.15, 0.2) is 36.5 Å². The summed E-state index contributed by atoms with van der Waals surface area (Å²) in [6.45, 7) is 7.15. The van der Waals surface area contributed by atoms with Gasteiger partial charge in [-0.15, -0.1) is 0 Å². The van der Waals surface area contributed by atoms with Gasteiger partial charge in [0.2, 0.25) is 0 Å². The second kappa shape index (κ2) is 16.3. The second-order valence-electron chi connectivity index (χ2n) is 9.08. The Kier molecular flexibility index (Phi) is 14.3. The van der Waals surface area contributed by atoms with E-state index in [0.29, 0.717) is 0 Å². The fourth-order valence-electron chi connectivity index (χ4n) is 3.20. The van der Waals surface area contributed by atoms with Crippen molar-refractivity contribution in [1.29, 1.82) is 0 Å². The summed E-state index contributed by atoms with van der Waals surface area (Å²) < 4.78 is 10.7. The van der Waals surface area contributed by atoms with Gasteiger partial charge in [-0.3, -0.25) is 14.9 Å². The Balaban J connectivity index is 0.00000722. The normalized spacial score (nSPS) is 10.4. The third kappa shape index (κ3) is 12.0. The van der Waals surface area contributed by atoms with Gasteiger partial charge in [0, 0.05) is 24.8 Å². The van der Waals surface area contributed by atoms with E-state index in [-0.39, 0.29) is 51.2 Å². The number of ether oxygens (including phenoxy) is 2. The smallest absolute Gasteiger partial charge is 0.412 e. The van der Waals surface area contributed by atoms with Crippen LogP contribution in [0.1, 0.15) is 43.7 Å². The molecule has 0 unspecified atom stereocenters. The number of carbonyl (C=O) groups is 3. The van der Waals surface area contributed by atoms with Crippen molar-refractivity contribution in [2.75, 3.05) is 38.2 Å². The van der Waals surface area contributed by atoms with Gasteiger partial charge in [-0.2, -0.15) is 19.9 Å². The molecule has 0 aliphatic heterocycles. The first-order valence-corrected chi connectivity index (χ1v) is 11.8. The third-order valence-corrected chi connectivity index (χ3v) is 4.90. The molecular formula is C26H35FmN4O7S-. The van der Waals surface area contributed by atoms with E-state index in [0.717, 1.165) is 28.0 Å². The molecule has 0 atom stereocenters. The molecule has 11 nitrogen and oxygen atoms in total. The molecule has 39 heavy (non-hydrogen) atoms. The number of carboxylic acids is 1. The number of anilines is 1. The molecule has 0 aliphatic rings. The van der Waals surface area contributed by atoms with Gasteiger partial charge in [-0.1, -0.05) is 31.2 Å². The van der Waals surface area contributed by atoms with Crippen LogP contribution in [0.25, 0.3) is 11.1 Å². The minimum absolute atomic E-state index is 0. The molecule has 0 saturated heterocycles. The first-order valence-electron chi connectivity index (χ1n) is 11.8. The number of aromatic nitrogens is 1. The van der Waals surface area contributed by atoms with Crippen LogP contribution >= 0.6 is 13.5 Å². The minimum Gasteiger partial charge on any atom is -0.520 e. The van der Waals surface area contributed by atoms with Crippen LogP contribution in [-0.4, -0.2) is 77.8 Å². The molecular weight excluding hydrogens is 769 g/mol. The van der Waals surface area contributed by atoms with Gasteiger partial charge in [0.25, 0.3) is 5.91 Å². The molecule has 1 aromatic heterocycles. The Morgan fingerprint density at radius 1 is 1.13 bits per heavy atom. The van der Waals surface area contributed by atoms with Crippen molar-refractivity contribution in [1.82, 2.24) is 15.2 Å². The monoisotopic (exact) mass is 804 g/mol. The van der Waals surface area contributed by atoms with Gasteiger partial charge < -0.3 is 29.6 Å². The summed E-state index contributed by atoms with van der Waals surface area (Å²) in [6.07, 6.45) is 3.23. The fraction of sp³-hybridized carbons (Fsp3) is 0.423. The molecule has 2 rings (SSSR count). The first kappa shape index (κ1) is 34.4. The van der Waals surface area contributed by atoms with Crippen LogP contribution in [0, 0.1) is 0 Å². The number of benzene rings is 1. The maximum absolute atomic E-state index is 12.8. The number of carbonyl (C=O) groups excluding carboxylic acids is 3. The van der Waals surface area contributed by atoms with Gasteiger partial charge in [-0.25, -0.2) is 9.78 Å². The van der Waals surface area contributed by atoms with E-state index < -0.39 is 30.1 Å². The van der Waals surface area contributed by atoms with Crippen molar-refractivity contribution in [3.63, 3.8) is 0 Å². The summed E-state index contributed by atoms with van der Waals surface area (Å²) in [5.41, 5.74) is 2.22. The Hall–Kier alpha value is -4.64. The van der Waals surface area contributed by atoms with E-state index in [9.17, 15) is 19.2 Å². The quantitative estimate of drug-likeness (QED) is 0.159. The van der Waals surface area contributed by atoms with Crippen molar-refractivity contribution in [3.8, 4) is 11.1 Å². The number of aryl methyl sites for hydroxylation is 1. The minimum atomic E-state index is -1.15. The molecule has 0 saturated carbocycles.